The summed E-state index contributed by atoms with van der Waals surface area (Å²) in [6.45, 7) is 0. The largest absolute Gasteiger partial charge is 0.478 e. The molecule has 0 atom stereocenters. The van der Waals surface area contributed by atoms with Gasteiger partial charge in [0.25, 0.3) is 5.91 Å². The average Bonchev–Trinajstić information content (AvgIpc) is 2.46. The van der Waals surface area contributed by atoms with Gasteiger partial charge in [0.05, 0.1) is 27.5 Å². The third kappa shape index (κ3) is 2.95. The average molecular weight is 306 g/mol. The molecule has 0 fully saturated rings. The highest BCUT2D eigenvalue weighted by Gasteiger charge is 2.19. The van der Waals surface area contributed by atoms with E-state index in [1.165, 1.54) is 48.6 Å². The van der Waals surface area contributed by atoms with Crippen LogP contribution in [-0.2, 0) is 0 Å². The lowest BCUT2D eigenvalue weighted by atomic mass is 10.1. The van der Waals surface area contributed by atoms with Crippen molar-refractivity contribution in [3.05, 3.63) is 52.8 Å². The number of hydrogen-bond donors (Lipinski definition) is 2. The third-order valence-corrected chi connectivity index (χ3v) is 3.24. The molecule has 0 bridgehead atoms. The number of pyridine rings is 1. The highest BCUT2D eigenvalue weighted by molar-refractivity contribution is 6.34. The van der Waals surface area contributed by atoms with E-state index in [2.05, 4.69) is 4.98 Å². The smallest absolute Gasteiger partial charge is 0.335 e. The van der Waals surface area contributed by atoms with Crippen molar-refractivity contribution in [2.75, 3.05) is 17.7 Å². The number of benzene rings is 1. The SMILES string of the molecule is CN(C(=O)c1ccncc1Cl)c1ccc(C(=O)O)cc1N. The monoisotopic (exact) mass is 305 g/mol. The molecule has 6 nitrogen and oxygen atoms in total. The second-order valence-electron chi connectivity index (χ2n) is 4.30. The quantitative estimate of drug-likeness (QED) is 0.848. The van der Waals surface area contributed by atoms with Gasteiger partial charge in [-0.3, -0.25) is 9.78 Å². The molecule has 0 aliphatic heterocycles. The number of halogens is 1. The molecule has 0 radical (unpaired) electrons. The van der Waals surface area contributed by atoms with Gasteiger partial charge in [0.15, 0.2) is 0 Å². The summed E-state index contributed by atoms with van der Waals surface area (Å²) < 4.78 is 0. The minimum atomic E-state index is -1.08. The van der Waals surface area contributed by atoms with Gasteiger partial charge >= 0.3 is 5.97 Å². The van der Waals surface area contributed by atoms with Crippen molar-refractivity contribution in [1.82, 2.24) is 4.98 Å². The summed E-state index contributed by atoms with van der Waals surface area (Å²) in [6, 6.07) is 5.66. The topological polar surface area (TPSA) is 96.5 Å². The van der Waals surface area contributed by atoms with Crippen LogP contribution >= 0.6 is 11.6 Å². The normalized spacial score (nSPS) is 10.2. The zero-order chi connectivity index (χ0) is 15.6. The predicted molar refractivity (Wildman–Crippen MR) is 79.8 cm³/mol. The van der Waals surface area contributed by atoms with E-state index in [9.17, 15) is 9.59 Å². The van der Waals surface area contributed by atoms with Gasteiger partial charge in [0.2, 0.25) is 0 Å². The van der Waals surface area contributed by atoms with E-state index in [0.29, 0.717) is 5.69 Å². The Morgan fingerprint density at radius 2 is 2.05 bits per heavy atom. The lowest BCUT2D eigenvalue weighted by molar-refractivity contribution is 0.0697. The number of aromatic nitrogens is 1. The number of carboxylic acids is 1. The fourth-order valence-corrected chi connectivity index (χ4v) is 2.03. The Labute approximate surface area is 125 Å². The van der Waals surface area contributed by atoms with Gasteiger partial charge in [-0.1, -0.05) is 11.6 Å². The number of nitrogen functional groups attached to an aromatic ring is 1. The molecular weight excluding hydrogens is 294 g/mol. The van der Waals surface area contributed by atoms with Crippen LogP contribution in [0.15, 0.2) is 36.7 Å². The van der Waals surface area contributed by atoms with Crippen LogP contribution in [0.25, 0.3) is 0 Å². The number of nitrogens with two attached hydrogens (primary N) is 1. The van der Waals surface area contributed by atoms with Gasteiger partial charge in [0.1, 0.15) is 0 Å². The summed E-state index contributed by atoms with van der Waals surface area (Å²) in [5.41, 5.74) is 6.75. The molecule has 0 aliphatic rings. The Bertz CT molecular complexity index is 718. The van der Waals surface area contributed by atoms with Crippen LogP contribution in [0.4, 0.5) is 11.4 Å². The molecule has 2 aromatic rings. The Morgan fingerprint density at radius 3 is 2.62 bits per heavy atom. The summed E-state index contributed by atoms with van der Waals surface area (Å²) in [6.07, 6.45) is 2.84. The number of nitrogens with zero attached hydrogens (tertiary/aromatic N) is 2. The van der Waals surface area contributed by atoms with Gasteiger partial charge in [-0.05, 0) is 24.3 Å². The molecule has 1 aromatic carbocycles. The van der Waals surface area contributed by atoms with E-state index in [1.54, 1.807) is 0 Å². The predicted octanol–water partition coefficient (Wildman–Crippen LogP) is 2.29. The molecule has 0 aliphatic carbocycles. The fraction of sp³-hybridized carbons (Fsp3) is 0.0714. The first-order valence-electron chi connectivity index (χ1n) is 5.92. The Hall–Kier alpha value is -2.60. The maximum atomic E-state index is 12.4. The highest BCUT2D eigenvalue weighted by Crippen LogP contribution is 2.26. The zero-order valence-electron chi connectivity index (χ0n) is 11.1. The maximum absolute atomic E-state index is 12.4. The molecule has 108 valence electrons. The van der Waals surface area contributed by atoms with Crippen LogP contribution in [-0.4, -0.2) is 29.0 Å². The first-order valence-corrected chi connectivity index (χ1v) is 6.30. The molecule has 2 rings (SSSR count). The molecule has 1 heterocycles. The molecule has 21 heavy (non-hydrogen) atoms. The van der Waals surface area contributed by atoms with Crippen molar-refractivity contribution in [2.24, 2.45) is 0 Å². The van der Waals surface area contributed by atoms with Crippen molar-refractivity contribution < 1.29 is 14.7 Å². The Balaban J connectivity index is 2.36. The van der Waals surface area contributed by atoms with Crippen molar-refractivity contribution in [2.45, 2.75) is 0 Å². The molecule has 0 unspecified atom stereocenters. The Morgan fingerprint density at radius 1 is 1.33 bits per heavy atom. The molecule has 3 N–H and O–H groups in total. The van der Waals surface area contributed by atoms with Crippen LogP contribution in [0.5, 0.6) is 0 Å². The van der Waals surface area contributed by atoms with E-state index in [-0.39, 0.29) is 27.7 Å². The molecule has 0 saturated heterocycles. The van der Waals surface area contributed by atoms with Crippen LogP contribution in [0, 0.1) is 0 Å². The number of aromatic carboxylic acids is 1. The molecule has 7 heteroatoms. The van der Waals surface area contributed by atoms with Crippen LogP contribution < -0.4 is 10.6 Å². The summed E-state index contributed by atoms with van der Waals surface area (Å²) in [5.74, 6) is -1.45. The second-order valence-corrected chi connectivity index (χ2v) is 4.71. The van der Waals surface area contributed by atoms with Gasteiger partial charge in [0, 0.05) is 19.4 Å². The van der Waals surface area contributed by atoms with Gasteiger partial charge in [-0.25, -0.2) is 4.79 Å². The van der Waals surface area contributed by atoms with E-state index < -0.39 is 5.97 Å². The highest BCUT2D eigenvalue weighted by atomic mass is 35.5. The number of anilines is 2. The number of hydrogen-bond acceptors (Lipinski definition) is 4. The van der Waals surface area contributed by atoms with E-state index in [1.807, 2.05) is 0 Å². The number of carboxylic acid groups (broad SMARTS) is 1. The number of carbonyl (C=O) groups excluding carboxylic acids is 1. The molecular formula is C14H12ClN3O3. The fourth-order valence-electron chi connectivity index (χ4n) is 1.83. The number of rotatable bonds is 3. The molecule has 0 saturated carbocycles. The van der Waals surface area contributed by atoms with E-state index >= 15 is 0 Å². The van der Waals surface area contributed by atoms with Crippen molar-refractivity contribution >= 4 is 34.9 Å². The summed E-state index contributed by atoms with van der Waals surface area (Å²) in [7, 11) is 1.53. The number of amides is 1. The second kappa shape index (κ2) is 5.80. The molecule has 1 amide bonds. The van der Waals surface area contributed by atoms with E-state index in [0.717, 1.165) is 0 Å². The van der Waals surface area contributed by atoms with Crippen molar-refractivity contribution in [3.8, 4) is 0 Å². The minimum absolute atomic E-state index is 0.0547. The van der Waals surface area contributed by atoms with Crippen LogP contribution in [0.1, 0.15) is 20.7 Å². The standard InChI is InChI=1S/C14H12ClN3O3/c1-18(13(19)9-4-5-17-7-10(9)15)12-3-2-8(14(20)21)6-11(12)16/h2-7H,16H2,1H3,(H,20,21). The van der Waals surface area contributed by atoms with E-state index in [4.69, 9.17) is 22.4 Å². The zero-order valence-corrected chi connectivity index (χ0v) is 11.8. The lowest BCUT2D eigenvalue weighted by Crippen LogP contribution is -2.27. The summed E-state index contributed by atoms with van der Waals surface area (Å²) >= 11 is 5.94. The van der Waals surface area contributed by atoms with Gasteiger partial charge in [-0.2, -0.15) is 0 Å². The molecule has 1 aromatic heterocycles. The minimum Gasteiger partial charge on any atom is -0.478 e. The maximum Gasteiger partial charge on any atom is 0.335 e. The first-order chi connectivity index (χ1) is 9.91. The van der Waals surface area contributed by atoms with Gasteiger partial charge < -0.3 is 15.7 Å². The van der Waals surface area contributed by atoms with Crippen LogP contribution in [0.2, 0.25) is 5.02 Å². The first kappa shape index (κ1) is 14.8. The summed E-state index contributed by atoms with van der Waals surface area (Å²) in [5, 5.41) is 9.13. The summed E-state index contributed by atoms with van der Waals surface area (Å²) in [4.78, 5) is 28.4. The van der Waals surface area contributed by atoms with Crippen molar-refractivity contribution in [3.63, 3.8) is 0 Å². The Kier molecular flexibility index (Phi) is 4.09. The van der Waals surface area contributed by atoms with Crippen LogP contribution in [0.3, 0.4) is 0 Å². The number of carbonyl (C=O) groups is 2. The van der Waals surface area contributed by atoms with Crippen molar-refractivity contribution in [1.29, 1.82) is 0 Å². The molecule has 0 spiro atoms. The van der Waals surface area contributed by atoms with Gasteiger partial charge in [-0.15, -0.1) is 0 Å². The third-order valence-electron chi connectivity index (χ3n) is 2.94. The lowest BCUT2D eigenvalue weighted by Gasteiger charge is -2.20.